The summed E-state index contributed by atoms with van der Waals surface area (Å²) in [4.78, 5) is 4.51. The minimum absolute atomic E-state index is 0.0422. The summed E-state index contributed by atoms with van der Waals surface area (Å²) in [5.41, 5.74) is 1.04. The van der Waals surface area contributed by atoms with Gasteiger partial charge in [0.15, 0.2) is 17.3 Å². The number of ether oxygens (including phenoxy) is 2. The molecule has 1 aromatic heterocycles. The van der Waals surface area contributed by atoms with Crippen LogP contribution in [-0.2, 0) is 19.6 Å². The van der Waals surface area contributed by atoms with E-state index >= 15 is 0 Å². The van der Waals surface area contributed by atoms with Crippen LogP contribution < -0.4 is 9.47 Å². The third kappa shape index (κ3) is 3.40. The Balaban J connectivity index is 1.62. The minimum atomic E-state index is -0.370. The molecule has 4 rings (SSSR count). The smallest absolute Gasteiger partial charge is 0.165 e. The largest absolute Gasteiger partial charge is 0.493 e. The zero-order valence-electron chi connectivity index (χ0n) is 16.1. The van der Waals surface area contributed by atoms with E-state index in [4.69, 9.17) is 9.47 Å². The Hall–Kier alpha value is -2.16. The van der Waals surface area contributed by atoms with Crippen LogP contribution in [0.15, 0.2) is 18.2 Å². The number of fused-ring (bicyclic) bond motifs is 1. The maximum absolute atomic E-state index is 10.4. The Labute approximate surface area is 159 Å². The van der Waals surface area contributed by atoms with Crippen LogP contribution in [0, 0.1) is 0 Å². The number of methoxy groups -OCH3 is 2. The van der Waals surface area contributed by atoms with Gasteiger partial charge >= 0.3 is 0 Å². The van der Waals surface area contributed by atoms with Gasteiger partial charge in [-0.25, -0.2) is 0 Å². The average Bonchev–Trinajstić information content (AvgIpc) is 3.23. The molecule has 0 aliphatic carbocycles. The molecule has 27 heavy (non-hydrogen) atoms. The second-order valence-corrected chi connectivity index (χ2v) is 7.35. The lowest BCUT2D eigenvalue weighted by Crippen LogP contribution is -2.33. The molecule has 0 saturated carbocycles. The second kappa shape index (κ2) is 7.46. The van der Waals surface area contributed by atoms with E-state index in [9.17, 15) is 5.11 Å². The number of likely N-dealkylation sites (N-methyl/N-ethyl adjacent to an activating group) is 1. The summed E-state index contributed by atoms with van der Waals surface area (Å²) in [5.74, 6) is 3.41. The van der Waals surface area contributed by atoms with Crippen LogP contribution in [0.25, 0.3) is 0 Å². The first kappa shape index (κ1) is 18.2. The van der Waals surface area contributed by atoms with Crippen LogP contribution >= 0.6 is 0 Å². The van der Waals surface area contributed by atoms with Crippen LogP contribution in [0.2, 0.25) is 0 Å². The first-order chi connectivity index (χ1) is 13.1. The number of hydrogen-bond donors (Lipinski definition) is 1. The molecule has 8 nitrogen and oxygen atoms in total. The van der Waals surface area contributed by atoms with E-state index in [0.29, 0.717) is 25.3 Å². The number of para-hydroxylation sites is 1. The van der Waals surface area contributed by atoms with Crippen molar-refractivity contribution in [2.75, 3.05) is 34.4 Å². The zero-order valence-corrected chi connectivity index (χ0v) is 16.1. The van der Waals surface area contributed by atoms with Crippen LogP contribution in [0.4, 0.5) is 0 Å². The minimum Gasteiger partial charge on any atom is -0.493 e. The van der Waals surface area contributed by atoms with Gasteiger partial charge in [-0.15, -0.1) is 10.2 Å². The molecule has 1 N–H and O–H groups in total. The van der Waals surface area contributed by atoms with E-state index in [1.54, 1.807) is 14.2 Å². The van der Waals surface area contributed by atoms with E-state index in [1.165, 1.54) is 0 Å². The molecule has 1 aromatic carbocycles. The number of benzene rings is 1. The first-order valence-corrected chi connectivity index (χ1v) is 9.33. The van der Waals surface area contributed by atoms with Crippen molar-refractivity contribution in [2.45, 2.75) is 38.2 Å². The molecular weight excluding hydrogens is 346 g/mol. The van der Waals surface area contributed by atoms with Gasteiger partial charge in [0.2, 0.25) is 0 Å². The fraction of sp³-hybridized carbons (Fsp3) is 0.579. The van der Waals surface area contributed by atoms with Crippen LogP contribution in [0.1, 0.15) is 29.7 Å². The topological polar surface area (TPSA) is 75.9 Å². The van der Waals surface area contributed by atoms with Crippen molar-refractivity contribution < 1.29 is 14.6 Å². The lowest BCUT2D eigenvalue weighted by atomic mass is 10.1. The molecule has 0 bridgehead atoms. The van der Waals surface area contributed by atoms with Gasteiger partial charge in [-0.1, -0.05) is 12.1 Å². The van der Waals surface area contributed by atoms with E-state index < -0.39 is 0 Å². The Morgan fingerprint density at radius 2 is 2.04 bits per heavy atom. The maximum Gasteiger partial charge on any atom is 0.165 e. The van der Waals surface area contributed by atoms with Gasteiger partial charge < -0.3 is 19.1 Å². The van der Waals surface area contributed by atoms with E-state index in [2.05, 4.69) is 31.6 Å². The molecule has 2 aliphatic heterocycles. The van der Waals surface area contributed by atoms with Crippen molar-refractivity contribution in [3.05, 3.63) is 35.4 Å². The van der Waals surface area contributed by atoms with Crippen LogP contribution in [0.5, 0.6) is 11.5 Å². The summed E-state index contributed by atoms with van der Waals surface area (Å²) in [6, 6.07) is 5.94. The summed E-state index contributed by atoms with van der Waals surface area (Å²) < 4.78 is 13.2. The molecule has 0 amide bonds. The highest BCUT2D eigenvalue weighted by Crippen LogP contribution is 2.37. The van der Waals surface area contributed by atoms with Gasteiger partial charge in [-0.05, 0) is 19.5 Å². The molecule has 0 spiro atoms. The number of rotatable bonds is 5. The number of aromatic nitrogens is 3. The molecule has 2 aliphatic rings. The number of aliphatic hydroxyl groups is 1. The molecule has 1 saturated heterocycles. The predicted molar refractivity (Wildman–Crippen MR) is 99.7 cm³/mol. The van der Waals surface area contributed by atoms with Crippen LogP contribution in [-0.4, -0.2) is 70.1 Å². The van der Waals surface area contributed by atoms with Gasteiger partial charge in [0.25, 0.3) is 0 Å². The number of likely N-dealkylation sites (tertiary alicyclic amines) is 1. The average molecular weight is 373 g/mol. The highest BCUT2D eigenvalue weighted by Gasteiger charge is 2.37. The molecule has 146 valence electrons. The van der Waals surface area contributed by atoms with Crippen molar-refractivity contribution in [3.63, 3.8) is 0 Å². The van der Waals surface area contributed by atoms with Crippen molar-refractivity contribution in [2.24, 2.45) is 0 Å². The predicted octanol–water partition coefficient (Wildman–Crippen LogP) is 1.05. The molecule has 0 radical (unpaired) electrons. The van der Waals surface area contributed by atoms with Gasteiger partial charge in [0.1, 0.15) is 5.82 Å². The zero-order chi connectivity index (χ0) is 19.0. The van der Waals surface area contributed by atoms with E-state index in [-0.39, 0.29) is 12.1 Å². The fourth-order valence-electron chi connectivity index (χ4n) is 4.17. The van der Waals surface area contributed by atoms with Gasteiger partial charge in [0.05, 0.1) is 32.9 Å². The highest BCUT2D eigenvalue weighted by molar-refractivity contribution is 5.46. The molecule has 2 aromatic rings. The van der Waals surface area contributed by atoms with Gasteiger partial charge in [0, 0.05) is 31.7 Å². The summed E-state index contributed by atoms with van der Waals surface area (Å²) in [6.07, 6.45) is 0.297. The van der Waals surface area contributed by atoms with Crippen molar-refractivity contribution >= 4 is 0 Å². The third-order valence-corrected chi connectivity index (χ3v) is 5.51. The summed E-state index contributed by atoms with van der Waals surface area (Å²) in [5, 5.41) is 19.2. The number of aliphatic hydroxyl groups excluding tert-OH is 1. The lowest BCUT2D eigenvalue weighted by molar-refractivity contribution is 0.171. The van der Waals surface area contributed by atoms with E-state index in [1.807, 2.05) is 18.2 Å². The second-order valence-electron chi connectivity index (χ2n) is 7.35. The Morgan fingerprint density at radius 1 is 1.19 bits per heavy atom. The molecule has 8 heteroatoms. The van der Waals surface area contributed by atoms with Crippen LogP contribution in [0.3, 0.4) is 0 Å². The SMILES string of the molecule is COc1cccc(CN2C[C@@H](O)C[C@H]2c2nnc3n2CCN(C)C3)c1OC. The van der Waals surface area contributed by atoms with Crippen molar-refractivity contribution in [1.29, 1.82) is 0 Å². The highest BCUT2D eigenvalue weighted by atomic mass is 16.5. The molecular formula is C19H27N5O3. The fourth-order valence-corrected chi connectivity index (χ4v) is 4.17. The molecule has 3 heterocycles. The van der Waals surface area contributed by atoms with E-state index in [0.717, 1.165) is 42.6 Å². The number of β-amino-alcohol motifs (C(OH)–C–C–N with tert-alkyl or cyclic N) is 1. The van der Waals surface area contributed by atoms with Gasteiger partial charge in [-0.2, -0.15) is 0 Å². The normalized spacial score (nSPS) is 23.4. The third-order valence-electron chi connectivity index (χ3n) is 5.51. The maximum atomic E-state index is 10.4. The molecule has 2 atom stereocenters. The summed E-state index contributed by atoms with van der Waals surface area (Å²) in [6.45, 7) is 3.94. The number of hydrogen-bond acceptors (Lipinski definition) is 7. The summed E-state index contributed by atoms with van der Waals surface area (Å²) >= 11 is 0. The first-order valence-electron chi connectivity index (χ1n) is 9.33. The Morgan fingerprint density at radius 3 is 2.81 bits per heavy atom. The van der Waals surface area contributed by atoms with Crippen molar-refractivity contribution in [1.82, 2.24) is 24.6 Å². The van der Waals surface area contributed by atoms with Gasteiger partial charge in [-0.3, -0.25) is 9.80 Å². The molecule has 1 fully saturated rings. The van der Waals surface area contributed by atoms with Crippen molar-refractivity contribution in [3.8, 4) is 11.5 Å². The standard InChI is InChI=1S/C19H27N5O3/c1-22-7-8-24-17(12-22)20-21-19(24)15-9-14(25)11-23(15)10-13-5-4-6-16(26-2)18(13)27-3/h4-6,14-15,25H,7-12H2,1-3H3/t14-,15-/m0/s1. The molecule has 0 unspecified atom stereocenters. The Bertz CT molecular complexity index is 809. The monoisotopic (exact) mass is 373 g/mol. The Kier molecular flexibility index (Phi) is 5.03. The summed E-state index contributed by atoms with van der Waals surface area (Å²) in [7, 11) is 5.39. The quantitative estimate of drug-likeness (QED) is 0.839. The number of nitrogens with zero attached hydrogens (tertiary/aromatic N) is 5. The lowest BCUT2D eigenvalue weighted by Gasteiger charge is -2.28.